The number of carbonyl (C=O) groups is 1. The number of likely N-dealkylation sites (N-methyl/N-ethyl adjacent to an activating group) is 1. The minimum atomic E-state index is -0.712. The summed E-state index contributed by atoms with van der Waals surface area (Å²) in [6, 6.07) is 1.97. The molecule has 3 aliphatic rings. The average molecular weight is 282 g/mol. The number of hydrogen-bond acceptors (Lipinski definition) is 4. The number of rotatable bonds is 5. The van der Waals surface area contributed by atoms with Gasteiger partial charge >= 0.3 is 5.97 Å². The molecule has 0 spiro atoms. The Labute approximate surface area is 120 Å². The molecule has 0 radical (unpaired) electrons. The van der Waals surface area contributed by atoms with Gasteiger partial charge in [-0.1, -0.05) is 6.92 Å². The van der Waals surface area contributed by atoms with Gasteiger partial charge in [-0.2, -0.15) is 0 Å². The summed E-state index contributed by atoms with van der Waals surface area (Å²) in [5.74, 6) is -1.07. The highest BCUT2D eigenvalue weighted by atomic mass is 16.5. The van der Waals surface area contributed by atoms with Gasteiger partial charge in [-0.05, 0) is 32.7 Å². The van der Waals surface area contributed by atoms with Crippen LogP contribution in [0.3, 0.4) is 0 Å². The summed E-state index contributed by atoms with van der Waals surface area (Å²) in [5.41, 5.74) is 0. The maximum atomic E-state index is 11.4. The van der Waals surface area contributed by atoms with Crippen molar-refractivity contribution in [1.82, 2.24) is 9.80 Å². The number of carboxylic acids is 1. The molecule has 2 heterocycles. The predicted octanol–water partition coefficient (Wildman–Crippen LogP) is 1.03. The van der Waals surface area contributed by atoms with Crippen LogP contribution in [0.15, 0.2) is 0 Å². The highest BCUT2D eigenvalue weighted by Gasteiger charge is 2.45. The van der Waals surface area contributed by atoms with E-state index >= 15 is 0 Å². The second kappa shape index (κ2) is 5.62. The number of ether oxygens (including phenoxy) is 1. The summed E-state index contributed by atoms with van der Waals surface area (Å²) in [5, 5.41) is 9.36. The lowest BCUT2D eigenvalue weighted by Gasteiger charge is -2.34. The topological polar surface area (TPSA) is 53.0 Å². The molecule has 20 heavy (non-hydrogen) atoms. The number of aliphatic carboxylic acids is 1. The maximum absolute atomic E-state index is 11.4. The van der Waals surface area contributed by atoms with Crippen LogP contribution in [0.4, 0.5) is 0 Å². The SMILES string of the molecule is CCN(C1CC(C)N(C2CC2)C1)C1COCC1C(=O)O. The molecule has 2 saturated heterocycles. The first-order chi connectivity index (χ1) is 9.61. The van der Waals surface area contributed by atoms with Gasteiger partial charge in [-0.3, -0.25) is 14.6 Å². The zero-order valence-electron chi connectivity index (χ0n) is 12.5. The van der Waals surface area contributed by atoms with Crippen LogP contribution in [0.25, 0.3) is 0 Å². The van der Waals surface area contributed by atoms with Crippen LogP contribution >= 0.6 is 0 Å². The summed E-state index contributed by atoms with van der Waals surface area (Å²) in [4.78, 5) is 16.4. The van der Waals surface area contributed by atoms with E-state index in [4.69, 9.17) is 4.74 Å². The van der Waals surface area contributed by atoms with Crippen molar-refractivity contribution in [2.24, 2.45) is 5.92 Å². The molecule has 1 saturated carbocycles. The number of nitrogens with zero attached hydrogens (tertiary/aromatic N) is 2. The van der Waals surface area contributed by atoms with Crippen molar-refractivity contribution in [3.63, 3.8) is 0 Å². The Balaban J connectivity index is 1.68. The molecule has 0 amide bonds. The fourth-order valence-electron chi connectivity index (χ4n) is 4.05. The lowest BCUT2D eigenvalue weighted by Crippen LogP contribution is -2.49. The quantitative estimate of drug-likeness (QED) is 0.816. The van der Waals surface area contributed by atoms with Crippen LogP contribution in [0.1, 0.15) is 33.1 Å². The van der Waals surface area contributed by atoms with Gasteiger partial charge in [-0.15, -0.1) is 0 Å². The summed E-state index contributed by atoms with van der Waals surface area (Å²) in [6.07, 6.45) is 3.84. The minimum Gasteiger partial charge on any atom is -0.481 e. The van der Waals surface area contributed by atoms with Gasteiger partial charge in [0.15, 0.2) is 0 Å². The van der Waals surface area contributed by atoms with E-state index in [2.05, 4.69) is 23.6 Å². The second-order valence-electron chi connectivity index (χ2n) is 6.55. The first kappa shape index (κ1) is 14.3. The Morgan fingerprint density at radius 2 is 2.15 bits per heavy atom. The molecule has 0 aromatic heterocycles. The monoisotopic (exact) mass is 282 g/mol. The second-order valence-corrected chi connectivity index (χ2v) is 6.55. The molecule has 1 N–H and O–H groups in total. The highest BCUT2D eigenvalue weighted by molar-refractivity contribution is 5.71. The molecule has 1 aliphatic carbocycles. The molecule has 0 bridgehead atoms. The predicted molar refractivity (Wildman–Crippen MR) is 75.7 cm³/mol. The molecule has 0 aromatic carbocycles. The third kappa shape index (κ3) is 2.59. The van der Waals surface area contributed by atoms with Gasteiger partial charge in [0.25, 0.3) is 0 Å². The van der Waals surface area contributed by atoms with E-state index in [9.17, 15) is 9.90 Å². The van der Waals surface area contributed by atoms with E-state index < -0.39 is 5.97 Å². The van der Waals surface area contributed by atoms with Crippen molar-refractivity contribution in [3.8, 4) is 0 Å². The average Bonchev–Trinajstić information content (AvgIpc) is 3.00. The molecule has 114 valence electrons. The van der Waals surface area contributed by atoms with Crippen molar-refractivity contribution >= 4 is 5.97 Å². The van der Waals surface area contributed by atoms with E-state index in [0.717, 1.165) is 25.6 Å². The molecule has 4 atom stereocenters. The lowest BCUT2D eigenvalue weighted by atomic mass is 9.99. The first-order valence-electron chi connectivity index (χ1n) is 7.93. The molecule has 4 unspecified atom stereocenters. The summed E-state index contributed by atoms with van der Waals surface area (Å²) < 4.78 is 5.45. The third-order valence-corrected chi connectivity index (χ3v) is 5.24. The van der Waals surface area contributed by atoms with Crippen molar-refractivity contribution in [2.45, 2.75) is 57.3 Å². The van der Waals surface area contributed by atoms with E-state index in [-0.39, 0.29) is 12.0 Å². The molecule has 3 rings (SSSR count). The lowest BCUT2D eigenvalue weighted by molar-refractivity contribution is -0.143. The molecular formula is C15H26N2O3. The zero-order chi connectivity index (χ0) is 14.3. The molecule has 3 fully saturated rings. The number of carboxylic acid groups (broad SMARTS) is 1. The van der Waals surface area contributed by atoms with Gasteiger partial charge in [0.05, 0.1) is 19.1 Å². The molecular weight excluding hydrogens is 256 g/mol. The molecule has 5 nitrogen and oxygen atoms in total. The Hall–Kier alpha value is -0.650. The Morgan fingerprint density at radius 1 is 1.40 bits per heavy atom. The maximum Gasteiger partial charge on any atom is 0.310 e. The Bertz CT molecular complexity index is 372. The van der Waals surface area contributed by atoms with Gasteiger partial charge in [-0.25, -0.2) is 0 Å². The van der Waals surface area contributed by atoms with Crippen LogP contribution in [0.5, 0.6) is 0 Å². The van der Waals surface area contributed by atoms with Crippen LogP contribution in [-0.4, -0.2) is 71.3 Å². The van der Waals surface area contributed by atoms with Crippen molar-refractivity contribution < 1.29 is 14.6 Å². The van der Waals surface area contributed by atoms with Gasteiger partial charge in [0.1, 0.15) is 0 Å². The van der Waals surface area contributed by atoms with Crippen molar-refractivity contribution in [1.29, 1.82) is 0 Å². The van der Waals surface area contributed by atoms with Crippen LogP contribution in [0, 0.1) is 5.92 Å². The summed E-state index contributed by atoms with van der Waals surface area (Å²) in [7, 11) is 0. The number of hydrogen-bond donors (Lipinski definition) is 1. The number of likely N-dealkylation sites (tertiary alicyclic amines) is 1. The normalized spacial score (nSPS) is 38.8. The van der Waals surface area contributed by atoms with Crippen LogP contribution < -0.4 is 0 Å². The van der Waals surface area contributed by atoms with E-state index in [1.807, 2.05) is 0 Å². The highest BCUT2D eigenvalue weighted by Crippen LogP contribution is 2.36. The Morgan fingerprint density at radius 3 is 2.75 bits per heavy atom. The summed E-state index contributed by atoms with van der Waals surface area (Å²) in [6.45, 7) is 7.40. The van der Waals surface area contributed by atoms with Gasteiger partial charge in [0.2, 0.25) is 0 Å². The van der Waals surface area contributed by atoms with Crippen molar-refractivity contribution in [2.75, 3.05) is 26.3 Å². The minimum absolute atomic E-state index is 0.0499. The smallest absolute Gasteiger partial charge is 0.310 e. The summed E-state index contributed by atoms with van der Waals surface area (Å²) >= 11 is 0. The van der Waals surface area contributed by atoms with E-state index in [1.54, 1.807) is 0 Å². The van der Waals surface area contributed by atoms with E-state index in [1.165, 1.54) is 12.8 Å². The fraction of sp³-hybridized carbons (Fsp3) is 0.933. The Kier molecular flexibility index (Phi) is 4.02. The fourth-order valence-corrected chi connectivity index (χ4v) is 4.05. The molecule has 2 aliphatic heterocycles. The van der Waals surface area contributed by atoms with Crippen LogP contribution in [-0.2, 0) is 9.53 Å². The zero-order valence-corrected chi connectivity index (χ0v) is 12.5. The first-order valence-corrected chi connectivity index (χ1v) is 7.93. The van der Waals surface area contributed by atoms with Gasteiger partial charge < -0.3 is 9.84 Å². The van der Waals surface area contributed by atoms with Crippen LogP contribution in [0.2, 0.25) is 0 Å². The van der Waals surface area contributed by atoms with Crippen molar-refractivity contribution in [3.05, 3.63) is 0 Å². The molecule has 0 aromatic rings. The van der Waals surface area contributed by atoms with Gasteiger partial charge in [0, 0.05) is 30.7 Å². The largest absolute Gasteiger partial charge is 0.481 e. The third-order valence-electron chi connectivity index (χ3n) is 5.24. The standard InChI is InChI=1S/C15H26N2O3/c1-3-16(14-9-20-8-13(14)15(18)19)12-6-10(2)17(7-12)11-4-5-11/h10-14H,3-9H2,1-2H3,(H,18,19). The van der Waals surface area contributed by atoms with E-state index in [0.29, 0.717) is 25.3 Å². The molecule has 5 heteroatoms.